The monoisotopic (exact) mass is 251 g/mol. The fourth-order valence-corrected chi connectivity index (χ4v) is 1.10. The normalized spacial score (nSPS) is 15.7. The van der Waals surface area contributed by atoms with Gasteiger partial charge in [-0.2, -0.15) is 0 Å². The summed E-state index contributed by atoms with van der Waals surface area (Å²) in [4.78, 5) is 11.8. The van der Waals surface area contributed by atoms with Crippen molar-refractivity contribution in [3.05, 3.63) is 0 Å². The molecule has 0 fully saturated rings. The van der Waals surface area contributed by atoms with Crippen molar-refractivity contribution >= 4 is 15.7 Å². The Kier molecular flexibility index (Phi) is 4.16. The Labute approximate surface area is 97.2 Å². The van der Waals surface area contributed by atoms with Crippen LogP contribution in [0.25, 0.3) is 0 Å². The smallest absolute Gasteiger partial charge is 0.241 e. The summed E-state index contributed by atoms with van der Waals surface area (Å²) in [6, 6.07) is 0. The Hall–Kier alpha value is -0.620. The Morgan fingerprint density at radius 3 is 1.88 bits per heavy atom. The minimum atomic E-state index is -3.49. The second kappa shape index (κ2) is 4.33. The summed E-state index contributed by atoms with van der Waals surface area (Å²) < 4.78 is 21.4. The molecule has 1 unspecified atom stereocenters. The second-order valence-corrected chi connectivity index (χ2v) is 7.70. The van der Waals surface area contributed by atoms with Gasteiger partial charge in [0.15, 0.2) is 9.84 Å². The number of amides is 1. The molecule has 0 aliphatic heterocycles. The maximum Gasteiger partial charge on any atom is 0.241 e. The van der Waals surface area contributed by atoms with Crippen LogP contribution in [-0.2, 0) is 14.6 Å². The van der Waals surface area contributed by atoms with Gasteiger partial charge in [-0.05, 0) is 34.6 Å². The summed E-state index contributed by atoms with van der Waals surface area (Å²) in [6.45, 7) is 7.49. The van der Waals surface area contributed by atoms with Gasteiger partial charge in [-0.25, -0.2) is 8.42 Å². The molecule has 16 heavy (non-hydrogen) atoms. The molecule has 1 atom stereocenters. The van der Waals surface area contributed by atoms with Crippen LogP contribution >= 0.6 is 0 Å². The molecule has 0 spiro atoms. The van der Waals surface area contributed by atoms with Crippen molar-refractivity contribution < 1.29 is 18.3 Å². The van der Waals surface area contributed by atoms with Crippen molar-refractivity contribution in [1.82, 2.24) is 5.32 Å². The lowest BCUT2D eigenvalue weighted by Crippen LogP contribution is -2.58. The van der Waals surface area contributed by atoms with Gasteiger partial charge < -0.3 is 10.4 Å². The van der Waals surface area contributed by atoms with E-state index in [0.717, 1.165) is 6.26 Å². The van der Waals surface area contributed by atoms with Crippen LogP contribution in [-0.4, -0.2) is 42.1 Å². The summed E-state index contributed by atoms with van der Waals surface area (Å²) in [5, 5.41) is 12.0. The molecule has 0 aromatic heterocycles. The summed E-state index contributed by atoms with van der Waals surface area (Å²) in [6.07, 6.45) is 0.244. The lowest BCUT2D eigenvalue weighted by atomic mass is 9.97. The molecule has 0 aromatic rings. The predicted octanol–water partition coefficient (Wildman–Crippen LogP) is 0.0852. The molecular formula is C10H21NO4S. The van der Waals surface area contributed by atoms with Gasteiger partial charge in [0.25, 0.3) is 0 Å². The van der Waals surface area contributed by atoms with E-state index in [1.165, 1.54) is 20.8 Å². The number of carbonyl (C=O) groups is 1. The average molecular weight is 251 g/mol. The SMILES string of the molecule is CC(O)C(C)(C)NC(=O)C(C)(C)S(C)(=O)=O. The van der Waals surface area contributed by atoms with Crippen molar-refractivity contribution in [3.8, 4) is 0 Å². The Morgan fingerprint density at radius 2 is 1.62 bits per heavy atom. The first-order valence-electron chi connectivity index (χ1n) is 5.02. The molecule has 2 N–H and O–H groups in total. The van der Waals surface area contributed by atoms with E-state index < -0.39 is 32.1 Å². The van der Waals surface area contributed by atoms with E-state index in [4.69, 9.17) is 0 Å². The molecule has 5 nitrogen and oxygen atoms in total. The van der Waals surface area contributed by atoms with E-state index in [9.17, 15) is 18.3 Å². The number of aliphatic hydroxyl groups excluding tert-OH is 1. The lowest BCUT2D eigenvalue weighted by molar-refractivity contribution is -0.125. The van der Waals surface area contributed by atoms with E-state index in [1.54, 1.807) is 13.8 Å². The van der Waals surface area contributed by atoms with Gasteiger partial charge in [-0.15, -0.1) is 0 Å². The molecule has 0 aliphatic carbocycles. The molecule has 0 aromatic carbocycles. The minimum absolute atomic E-state index is 0.610. The van der Waals surface area contributed by atoms with Crippen LogP contribution in [0, 0.1) is 0 Å². The van der Waals surface area contributed by atoms with Crippen molar-refractivity contribution in [3.63, 3.8) is 0 Å². The Balaban J connectivity index is 5.00. The molecule has 0 radical (unpaired) electrons. The first-order valence-corrected chi connectivity index (χ1v) is 6.92. The van der Waals surface area contributed by atoms with Crippen molar-refractivity contribution in [2.45, 2.75) is 51.0 Å². The van der Waals surface area contributed by atoms with Gasteiger partial charge in [0.1, 0.15) is 4.75 Å². The van der Waals surface area contributed by atoms with Crippen molar-refractivity contribution in [2.75, 3.05) is 6.26 Å². The molecule has 0 bridgehead atoms. The molecule has 0 rings (SSSR count). The van der Waals surface area contributed by atoms with E-state index in [0.29, 0.717) is 0 Å². The number of hydrogen-bond donors (Lipinski definition) is 2. The molecule has 0 saturated heterocycles. The van der Waals surface area contributed by atoms with Crippen LogP contribution in [0.15, 0.2) is 0 Å². The highest BCUT2D eigenvalue weighted by Crippen LogP contribution is 2.18. The summed E-state index contributed by atoms with van der Waals surface area (Å²) >= 11 is 0. The van der Waals surface area contributed by atoms with E-state index in [-0.39, 0.29) is 0 Å². The van der Waals surface area contributed by atoms with E-state index in [1.807, 2.05) is 0 Å². The number of rotatable bonds is 4. The van der Waals surface area contributed by atoms with Crippen LogP contribution in [0.4, 0.5) is 0 Å². The van der Waals surface area contributed by atoms with E-state index in [2.05, 4.69) is 5.32 Å². The maximum atomic E-state index is 11.8. The maximum absolute atomic E-state index is 11.8. The quantitative estimate of drug-likeness (QED) is 0.741. The van der Waals surface area contributed by atoms with Crippen LogP contribution < -0.4 is 5.32 Å². The van der Waals surface area contributed by atoms with Crippen LogP contribution in [0.3, 0.4) is 0 Å². The number of aliphatic hydroxyl groups is 1. The largest absolute Gasteiger partial charge is 0.391 e. The van der Waals surface area contributed by atoms with Gasteiger partial charge in [0.05, 0.1) is 11.6 Å². The highest BCUT2D eigenvalue weighted by molar-refractivity contribution is 7.92. The zero-order valence-corrected chi connectivity index (χ0v) is 11.5. The van der Waals surface area contributed by atoms with Gasteiger partial charge >= 0.3 is 0 Å². The third-order valence-electron chi connectivity index (χ3n) is 2.95. The fourth-order valence-electron chi connectivity index (χ4n) is 0.716. The van der Waals surface area contributed by atoms with Gasteiger partial charge in [0, 0.05) is 6.26 Å². The van der Waals surface area contributed by atoms with Crippen LogP contribution in [0.5, 0.6) is 0 Å². The molecule has 0 aliphatic rings. The third-order valence-corrected chi connectivity index (χ3v) is 4.99. The van der Waals surface area contributed by atoms with Crippen LogP contribution in [0.1, 0.15) is 34.6 Å². The number of carbonyl (C=O) groups excluding carboxylic acids is 1. The molecule has 96 valence electrons. The fraction of sp³-hybridized carbons (Fsp3) is 0.900. The molecule has 1 amide bonds. The second-order valence-electron chi connectivity index (χ2n) is 5.13. The molecular weight excluding hydrogens is 230 g/mol. The third kappa shape index (κ3) is 3.18. The summed E-state index contributed by atoms with van der Waals surface area (Å²) in [7, 11) is -3.49. The standard InChI is InChI=1S/C10H21NO4S/c1-7(12)9(2,3)11-8(13)10(4,5)16(6,14)15/h7,12H,1-6H3,(H,11,13). The van der Waals surface area contributed by atoms with Crippen molar-refractivity contribution in [2.24, 2.45) is 0 Å². The van der Waals surface area contributed by atoms with Crippen LogP contribution in [0.2, 0.25) is 0 Å². The Bertz CT molecular complexity index is 368. The highest BCUT2D eigenvalue weighted by atomic mass is 32.2. The molecule has 0 saturated carbocycles. The zero-order valence-electron chi connectivity index (χ0n) is 10.7. The number of hydrogen-bond acceptors (Lipinski definition) is 4. The Morgan fingerprint density at radius 1 is 1.25 bits per heavy atom. The summed E-state index contributed by atoms with van der Waals surface area (Å²) in [5.41, 5.74) is -0.862. The van der Waals surface area contributed by atoms with Gasteiger partial charge in [-0.3, -0.25) is 4.79 Å². The average Bonchev–Trinajstić information content (AvgIpc) is 2.00. The zero-order chi connectivity index (χ0) is 13.4. The topological polar surface area (TPSA) is 83.5 Å². The molecule has 0 heterocycles. The first kappa shape index (κ1) is 15.4. The first-order chi connectivity index (χ1) is 6.82. The lowest BCUT2D eigenvalue weighted by Gasteiger charge is -2.33. The van der Waals surface area contributed by atoms with Gasteiger partial charge in [-0.1, -0.05) is 0 Å². The minimum Gasteiger partial charge on any atom is -0.391 e. The predicted molar refractivity (Wildman–Crippen MR) is 62.8 cm³/mol. The summed E-state index contributed by atoms with van der Waals surface area (Å²) in [5.74, 6) is -0.610. The highest BCUT2D eigenvalue weighted by Gasteiger charge is 2.41. The number of sulfone groups is 1. The van der Waals surface area contributed by atoms with Gasteiger partial charge in [0.2, 0.25) is 5.91 Å². The van der Waals surface area contributed by atoms with E-state index >= 15 is 0 Å². The molecule has 6 heteroatoms. The number of nitrogens with one attached hydrogen (secondary N) is 1. The van der Waals surface area contributed by atoms with Crippen molar-refractivity contribution in [1.29, 1.82) is 0 Å².